The molecule has 1 heterocycles. The number of methoxy groups -OCH3 is 1. The molecule has 0 saturated heterocycles. The van der Waals surface area contributed by atoms with Crippen LogP contribution in [-0.4, -0.2) is 31.9 Å². The molecule has 1 aliphatic rings. The minimum absolute atomic E-state index is 0.0725. The Labute approximate surface area is 151 Å². The first kappa shape index (κ1) is 17.0. The zero-order valence-electron chi connectivity index (χ0n) is 13.6. The predicted octanol–water partition coefficient (Wildman–Crippen LogP) is 4.21. The molecule has 1 N–H and O–H groups in total. The average Bonchev–Trinajstić information content (AvgIpc) is 2.58. The minimum atomic E-state index is -0.0725. The van der Waals surface area contributed by atoms with Crippen molar-refractivity contribution in [1.29, 1.82) is 0 Å². The van der Waals surface area contributed by atoms with Crippen molar-refractivity contribution >= 4 is 40.6 Å². The fourth-order valence-corrected chi connectivity index (χ4v) is 3.89. The molecule has 0 saturated carbocycles. The minimum Gasteiger partial charge on any atom is -0.495 e. The molecule has 0 aromatic heterocycles. The van der Waals surface area contributed by atoms with Crippen molar-refractivity contribution in [2.45, 2.75) is 11.8 Å². The van der Waals surface area contributed by atoms with E-state index in [1.54, 1.807) is 13.2 Å². The Morgan fingerprint density at radius 1 is 1.38 bits per heavy atom. The molecule has 0 unspecified atom stereocenters. The maximum atomic E-state index is 12.5. The van der Waals surface area contributed by atoms with E-state index in [0.717, 1.165) is 23.5 Å². The summed E-state index contributed by atoms with van der Waals surface area (Å²) >= 11 is 7.93. The van der Waals surface area contributed by atoms with Gasteiger partial charge in [0, 0.05) is 28.3 Å². The number of rotatable bonds is 4. The van der Waals surface area contributed by atoms with Crippen LogP contribution in [0.2, 0.25) is 5.02 Å². The van der Waals surface area contributed by atoms with E-state index in [4.69, 9.17) is 16.3 Å². The van der Waals surface area contributed by atoms with E-state index in [2.05, 4.69) is 22.3 Å². The average molecular weight is 363 g/mol. The Hall–Kier alpha value is -1.85. The highest BCUT2D eigenvalue weighted by Gasteiger charge is 2.20. The third kappa shape index (κ3) is 3.62. The molecule has 1 amide bonds. The van der Waals surface area contributed by atoms with Crippen LogP contribution in [0.1, 0.15) is 5.56 Å². The summed E-state index contributed by atoms with van der Waals surface area (Å²) < 4.78 is 5.31. The summed E-state index contributed by atoms with van der Waals surface area (Å²) in [6, 6.07) is 11.7. The first-order valence-corrected chi connectivity index (χ1v) is 9.05. The molecular formula is C18H19ClN2O2S. The zero-order valence-corrected chi connectivity index (χ0v) is 15.2. The summed E-state index contributed by atoms with van der Waals surface area (Å²) in [5, 5.41) is 3.55. The predicted molar refractivity (Wildman–Crippen MR) is 101 cm³/mol. The lowest BCUT2D eigenvalue weighted by atomic mass is 10.2. The van der Waals surface area contributed by atoms with Gasteiger partial charge in [0.15, 0.2) is 0 Å². The summed E-state index contributed by atoms with van der Waals surface area (Å²) in [5.41, 5.74) is 2.65. The SMILES string of the molecule is COc1cc(Cl)c(C)cc1NC(=O)CN1CCSc2ccccc21. The molecule has 0 radical (unpaired) electrons. The molecule has 126 valence electrons. The van der Waals surface area contributed by atoms with Crippen LogP contribution in [0.25, 0.3) is 0 Å². The second kappa shape index (κ2) is 7.36. The van der Waals surface area contributed by atoms with Crippen LogP contribution in [0.5, 0.6) is 5.75 Å². The first-order valence-electron chi connectivity index (χ1n) is 7.69. The van der Waals surface area contributed by atoms with Gasteiger partial charge in [-0.15, -0.1) is 11.8 Å². The number of anilines is 2. The van der Waals surface area contributed by atoms with E-state index in [1.165, 1.54) is 4.90 Å². The fraction of sp³-hybridized carbons (Fsp3) is 0.278. The normalized spacial score (nSPS) is 13.4. The van der Waals surface area contributed by atoms with E-state index in [1.807, 2.05) is 36.9 Å². The highest BCUT2D eigenvalue weighted by Crippen LogP contribution is 2.34. The van der Waals surface area contributed by atoms with Crippen LogP contribution in [0, 0.1) is 6.92 Å². The van der Waals surface area contributed by atoms with Crippen molar-refractivity contribution in [2.24, 2.45) is 0 Å². The summed E-state index contributed by atoms with van der Waals surface area (Å²) in [4.78, 5) is 15.8. The van der Waals surface area contributed by atoms with Crippen LogP contribution in [-0.2, 0) is 4.79 Å². The Bertz CT molecular complexity index is 767. The van der Waals surface area contributed by atoms with Gasteiger partial charge in [0.05, 0.1) is 25.0 Å². The number of carbonyl (C=O) groups is 1. The molecule has 0 atom stereocenters. The number of aryl methyl sites for hydroxylation is 1. The van der Waals surface area contributed by atoms with Crippen LogP contribution < -0.4 is 15.0 Å². The Morgan fingerprint density at radius 3 is 2.96 bits per heavy atom. The van der Waals surface area contributed by atoms with Crippen LogP contribution >= 0.6 is 23.4 Å². The van der Waals surface area contributed by atoms with Crippen molar-refractivity contribution < 1.29 is 9.53 Å². The third-order valence-corrected chi connectivity index (χ3v) is 5.36. The maximum absolute atomic E-state index is 12.5. The van der Waals surface area contributed by atoms with Gasteiger partial charge in [-0.05, 0) is 30.7 Å². The number of fused-ring (bicyclic) bond motifs is 1. The van der Waals surface area contributed by atoms with E-state index in [-0.39, 0.29) is 5.91 Å². The first-order chi connectivity index (χ1) is 11.6. The molecule has 0 spiro atoms. The smallest absolute Gasteiger partial charge is 0.243 e. The molecule has 3 rings (SSSR count). The third-order valence-electron chi connectivity index (χ3n) is 3.91. The van der Waals surface area contributed by atoms with Gasteiger partial charge in [-0.1, -0.05) is 23.7 Å². The Morgan fingerprint density at radius 2 is 2.17 bits per heavy atom. The van der Waals surface area contributed by atoms with Gasteiger partial charge >= 0.3 is 0 Å². The van der Waals surface area contributed by atoms with Crippen LogP contribution in [0.4, 0.5) is 11.4 Å². The molecule has 2 aromatic carbocycles. The van der Waals surface area contributed by atoms with Gasteiger partial charge in [-0.3, -0.25) is 4.79 Å². The number of benzene rings is 2. The van der Waals surface area contributed by atoms with Crippen LogP contribution in [0.3, 0.4) is 0 Å². The summed E-state index contributed by atoms with van der Waals surface area (Å²) in [7, 11) is 1.56. The molecular weight excluding hydrogens is 344 g/mol. The molecule has 0 aliphatic carbocycles. The molecule has 1 aliphatic heterocycles. The van der Waals surface area contributed by atoms with Crippen molar-refractivity contribution in [3.63, 3.8) is 0 Å². The maximum Gasteiger partial charge on any atom is 0.243 e. The number of ether oxygens (including phenoxy) is 1. The molecule has 6 heteroatoms. The molecule has 24 heavy (non-hydrogen) atoms. The number of hydrogen-bond donors (Lipinski definition) is 1. The van der Waals surface area contributed by atoms with Crippen molar-refractivity contribution in [1.82, 2.24) is 0 Å². The van der Waals surface area contributed by atoms with E-state index >= 15 is 0 Å². The van der Waals surface area contributed by atoms with E-state index in [0.29, 0.717) is 23.0 Å². The van der Waals surface area contributed by atoms with Gasteiger partial charge in [0.2, 0.25) is 5.91 Å². The molecule has 2 aromatic rings. The van der Waals surface area contributed by atoms with Gasteiger partial charge in [0.25, 0.3) is 0 Å². The molecule has 0 fully saturated rings. The lowest BCUT2D eigenvalue weighted by Crippen LogP contribution is -2.36. The topological polar surface area (TPSA) is 41.6 Å². The quantitative estimate of drug-likeness (QED) is 0.884. The van der Waals surface area contributed by atoms with Gasteiger partial charge in [-0.2, -0.15) is 0 Å². The Balaban J connectivity index is 1.74. The zero-order chi connectivity index (χ0) is 17.1. The number of amides is 1. The molecule has 0 bridgehead atoms. The summed E-state index contributed by atoms with van der Waals surface area (Å²) in [5.74, 6) is 1.47. The number of carbonyl (C=O) groups excluding carboxylic acids is 1. The Kier molecular flexibility index (Phi) is 5.21. The van der Waals surface area contributed by atoms with Gasteiger partial charge in [0.1, 0.15) is 5.75 Å². The van der Waals surface area contributed by atoms with Crippen molar-refractivity contribution in [2.75, 3.05) is 36.2 Å². The highest BCUT2D eigenvalue weighted by atomic mass is 35.5. The second-order valence-corrected chi connectivity index (χ2v) is 7.13. The number of hydrogen-bond acceptors (Lipinski definition) is 4. The summed E-state index contributed by atoms with van der Waals surface area (Å²) in [6.07, 6.45) is 0. The largest absolute Gasteiger partial charge is 0.495 e. The highest BCUT2D eigenvalue weighted by molar-refractivity contribution is 7.99. The van der Waals surface area contributed by atoms with E-state index < -0.39 is 0 Å². The van der Waals surface area contributed by atoms with Crippen molar-refractivity contribution in [3.05, 3.63) is 47.0 Å². The number of halogens is 1. The van der Waals surface area contributed by atoms with Crippen molar-refractivity contribution in [3.8, 4) is 5.75 Å². The monoisotopic (exact) mass is 362 g/mol. The summed E-state index contributed by atoms with van der Waals surface area (Å²) in [6.45, 7) is 3.06. The van der Waals surface area contributed by atoms with E-state index in [9.17, 15) is 4.79 Å². The van der Waals surface area contributed by atoms with Gasteiger partial charge in [-0.25, -0.2) is 0 Å². The lowest BCUT2D eigenvalue weighted by molar-refractivity contribution is -0.115. The number of nitrogens with zero attached hydrogens (tertiary/aromatic N) is 1. The number of thioether (sulfide) groups is 1. The number of nitrogens with one attached hydrogen (secondary N) is 1. The lowest BCUT2D eigenvalue weighted by Gasteiger charge is -2.30. The van der Waals surface area contributed by atoms with Crippen LogP contribution in [0.15, 0.2) is 41.3 Å². The number of para-hydroxylation sites is 1. The molecule has 4 nitrogen and oxygen atoms in total. The second-order valence-electron chi connectivity index (χ2n) is 5.59. The fourth-order valence-electron chi connectivity index (χ4n) is 2.68. The van der Waals surface area contributed by atoms with Gasteiger partial charge < -0.3 is 15.0 Å². The standard InChI is InChI=1S/C18H19ClN2O2S/c1-12-9-14(16(23-2)10-13(12)19)20-18(22)11-21-7-8-24-17-6-4-3-5-15(17)21/h3-6,9-10H,7-8,11H2,1-2H3,(H,20,22).